The van der Waals surface area contributed by atoms with Crippen molar-refractivity contribution in [3.63, 3.8) is 0 Å². The summed E-state index contributed by atoms with van der Waals surface area (Å²) in [7, 11) is -3.71. The van der Waals surface area contributed by atoms with Crippen molar-refractivity contribution in [2.24, 2.45) is 5.92 Å². The van der Waals surface area contributed by atoms with Crippen LogP contribution >= 0.6 is 0 Å². The maximum atomic E-state index is 12.4. The molecule has 0 unspecified atom stereocenters. The highest BCUT2D eigenvalue weighted by Gasteiger charge is 2.30. The summed E-state index contributed by atoms with van der Waals surface area (Å²) < 4.78 is 27.5. The minimum Gasteiger partial charge on any atom is -0.478 e. The Morgan fingerprint density at radius 3 is 2.59 bits per heavy atom. The topological polar surface area (TPSA) is 95.5 Å². The Morgan fingerprint density at radius 2 is 2.05 bits per heavy atom. The van der Waals surface area contributed by atoms with Gasteiger partial charge < -0.3 is 10.4 Å². The van der Waals surface area contributed by atoms with Gasteiger partial charge in [0, 0.05) is 12.6 Å². The fraction of sp³-hybridized carbons (Fsp3) is 0.533. The van der Waals surface area contributed by atoms with Gasteiger partial charge in [0.2, 0.25) is 10.0 Å². The van der Waals surface area contributed by atoms with Crippen LogP contribution in [0.25, 0.3) is 0 Å². The summed E-state index contributed by atoms with van der Waals surface area (Å²) in [5, 5.41) is 12.2. The number of anilines is 1. The third-order valence-corrected chi connectivity index (χ3v) is 5.01. The van der Waals surface area contributed by atoms with Gasteiger partial charge in [-0.15, -0.1) is 0 Å². The lowest BCUT2D eigenvalue weighted by Gasteiger charge is -2.14. The predicted molar refractivity (Wildman–Crippen MR) is 84.7 cm³/mol. The van der Waals surface area contributed by atoms with Gasteiger partial charge in [-0.25, -0.2) is 17.9 Å². The number of rotatable bonds is 8. The van der Waals surface area contributed by atoms with Crippen LogP contribution in [0.4, 0.5) is 5.69 Å². The van der Waals surface area contributed by atoms with Crippen LogP contribution in [0.1, 0.15) is 43.5 Å². The number of carboxylic acid groups (broad SMARTS) is 1. The number of nitrogens with one attached hydrogen (secondary N) is 2. The molecule has 0 aromatic heterocycles. The van der Waals surface area contributed by atoms with Crippen molar-refractivity contribution in [3.8, 4) is 0 Å². The molecule has 1 fully saturated rings. The average Bonchev–Trinajstić information content (AvgIpc) is 3.21. The molecule has 2 rings (SSSR count). The normalized spacial score (nSPS) is 15.0. The van der Waals surface area contributed by atoms with E-state index in [2.05, 4.69) is 23.9 Å². The summed E-state index contributed by atoms with van der Waals surface area (Å²) in [6.45, 7) is 4.80. The van der Waals surface area contributed by atoms with Crippen molar-refractivity contribution in [1.29, 1.82) is 0 Å². The zero-order valence-electron chi connectivity index (χ0n) is 12.8. The maximum Gasteiger partial charge on any atom is 0.335 e. The van der Waals surface area contributed by atoms with Crippen LogP contribution in [0, 0.1) is 5.92 Å². The van der Waals surface area contributed by atoms with Crippen LogP contribution in [0.5, 0.6) is 0 Å². The zero-order chi connectivity index (χ0) is 16.3. The molecule has 3 N–H and O–H groups in total. The molecule has 0 amide bonds. The lowest BCUT2D eigenvalue weighted by Crippen LogP contribution is -2.27. The van der Waals surface area contributed by atoms with E-state index in [9.17, 15) is 13.2 Å². The van der Waals surface area contributed by atoms with E-state index in [1.54, 1.807) is 0 Å². The number of hydrogen-bond acceptors (Lipinski definition) is 4. The van der Waals surface area contributed by atoms with Crippen molar-refractivity contribution < 1.29 is 18.3 Å². The zero-order valence-corrected chi connectivity index (χ0v) is 13.6. The number of hydrogen-bond donors (Lipinski definition) is 3. The highest BCUT2D eigenvalue weighted by atomic mass is 32.2. The summed E-state index contributed by atoms with van der Waals surface area (Å²) in [6.07, 6.45) is 2.55. The third kappa shape index (κ3) is 4.45. The van der Waals surface area contributed by atoms with Crippen LogP contribution in [0.3, 0.4) is 0 Å². The van der Waals surface area contributed by atoms with Gasteiger partial charge in [0.05, 0.1) is 11.3 Å². The second-order valence-corrected chi connectivity index (χ2v) is 7.70. The van der Waals surface area contributed by atoms with Crippen LogP contribution in [-0.4, -0.2) is 32.1 Å². The van der Waals surface area contributed by atoms with Gasteiger partial charge in [-0.3, -0.25) is 0 Å². The molecule has 122 valence electrons. The minimum atomic E-state index is -3.71. The van der Waals surface area contributed by atoms with Gasteiger partial charge in [-0.1, -0.05) is 13.8 Å². The first kappa shape index (κ1) is 16.8. The summed E-state index contributed by atoms with van der Waals surface area (Å²) in [5.74, 6) is -0.646. The van der Waals surface area contributed by atoms with Crippen molar-refractivity contribution in [2.75, 3.05) is 11.9 Å². The molecule has 1 aromatic rings. The molecular weight excluding hydrogens is 304 g/mol. The molecule has 1 aliphatic carbocycles. The Bertz CT molecular complexity index is 652. The molecule has 0 atom stereocenters. The summed E-state index contributed by atoms with van der Waals surface area (Å²) in [4.78, 5) is 11.1. The van der Waals surface area contributed by atoms with E-state index in [4.69, 9.17) is 5.11 Å². The number of carbonyl (C=O) groups is 1. The molecule has 1 aliphatic rings. The number of sulfonamides is 1. The SMILES string of the molecule is CC(C)CCNc1ccc(C(=O)O)cc1S(=O)(=O)NC1CC1. The first-order chi connectivity index (χ1) is 10.3. The van der Waals surface area contributed by atoms with Gasteiger partial charge in [0.15, 0.2) is 0 Å². The summed E-state index contributed by atoms with van der Waals surface area (Å²) in [5.41, 5.74) is 0.407. The largest absolute Gasteiger partial charge is 0.478 e. The predicted octanol–water partition coefficient (Wildman–Crippen LogP) is 2.28. The van der Waals surface area contributed by atoms with Crippen LogP contribution in [-0.2, 0) is 10.0 Å². The first-order valence-corrected chi connectivity index (χ1v) is 8.91. The fourth-order valence-corrected chi connectivity index (χ4v) is 3.52. The van der Waals surface area contributed by atoms with Gasteiger partial charge in [0.1, 0.15) is 4.90 Å². The van der Waals surface area contributed by atoms with E-state index < -0.39 is 16.0 Å². The molecule has 0 spiro atoms. The molecule has 0 heterocycles. The van der Waals surface area contributed by atoms with Crippen molar-refractivity contribution in [2.45, 2.75) is 44.0 Å². The maximum absolute atomic E-state index is 12.4. The van der Waals surface area contributed by atoms with Crippen LogP contribution in [0.15, 0.2) is 23.1 Å². The van der Waals surface area contributed by atoms with E-state index in [0.29, 0.717) is 18.2 Å². The number of aromatic carboxylic acids is 1. The highest BCUT2D eigenvalue weighted by molar-refractivity contribution is 7.89. The Kier molecular flexibility index (Phi) is 5.08. The highest BCUT2D eigenvalue weighted by Crippen LogP contribution is 2.27. The lowest BCUT2D eigenvalue weighted by atomic mass is 10.1. The molecule has 1 saturated carbocycles. The molecule has 0 aliphatic heterocycles. The van der Waals surface area contributed by atoms with Gasteiger partial charge in [-0.2, -0.15) is 0 Å². The second-order valence-electron chi connectivity index (χ2n) is 6.02. The van der Waals surface area contributed by atoms with E-state index in [1.807, 2.05) is 0 Å². The molecule has 6 nitrogen and oxygen atoms in total. The summed E-state index contributed by atoms with van der Waals surface area (Å²) >= 11 is 0. The van der Waals surface area contributed by atoms with E-state index in [0.717, 1.165) is 19.3 Å². The molecule has 7 heteroatoms. The Morgan fingerprint density at radius 1 is 1.36 bits per heavy atom. The van der Waals surface area contributed by atoms with Crippen molar-refractivity contribution in [3.05, 3.63) is 23.8 Å². The van der Waals surface area contributed by atoms with E-state index >= 15 is 0 Å². The van der Waals surface area contributed by atoms with Crippen molar-refractivity contribution in [1.82, 2.24) is 4.72 Å². The second kappa shape index (κ2) is 6.66. The molecule has 0 radical (unpaired) electrons. The molecule has 0 bridgehead atoms. The molecule has 1 aromatic carbocycles. The first-order valence-electron chi connectivity index (χ1n) is 7.43. The quantitative estimate of drug-likeness (QED) is 0.681. The Labute approximate surface area is 131 Å². The molecular formula is C15H22N2O4S. The number of carboxylic acids is 1. The lowest BCUT2D eigenvalue weighted by molar-refractivity contribution is 0.0696. The van der Waals surface area contributed by atoms with Gasteiger partial charge in [-0.05, 0) is 43.4 Å². The Balaban J connectivity index is 2.28. The fourth-order valence-electron chi connectivity index (χ4n) is 2.00. The van der Waals surface area contributed by atoms with Gasteiger partial charge >= 0.3 is 5.97 Å². The average molecular weight is 326 g/mol. The summed E-state index contributed by atoms with van der Waals surface area (Å²) in [6, 6.07) is 4.12. The monoisotopic (exact) mass is 326 g/mol. The molecule has 0 saturated heterocycles. The van der Waals surface area contributed by atoms with Gasteiger partial charge in [0.25, 0.3) is 0 Å². The smallest absolute Gasteiger partial charge is 0.335 e. The number of benzene rings is 1. The minimum absolute atomic E-state index is 0.00283. The van der Waals surface area contributed by atoms with Crippen LogP contribution < -0.4 is 10.0 Å². The molecule has 22 heavy (non-hydrogen) atoms. The third-order valence-electron chi connectivity index (χ3n) is 3.45. The van der Waals surface area contributed by atoms with Crippen LogP contribution in [0.2, 0.25) is 0 Å². The van der Waals surface area contributed by atoms with Crippen molar-refractivity contribution >= 4 is 21.7 Å². The van der Waals surface area contributed by atoms with E-state index in [1.165, 1.54) is 18.2 Å². The Hall–Kier alpha value is -1.60. The standard InChI is InChI=1S/C15H22N2O4S/c1-10(2)7-8-16-13-6-3-11(15(18)19)9-14(13)22(20,21)17-12-4-5-12/h3,6,9-10,12,16-17H,4-5,7-8H2,1-2H3,(H,18,19). The van der Waals surface area contributed by atoms with E-state index in [-0.39, 0.29) is 16.5 Å².